The fourth-order valence-corrected chi connectivity index (χ4v) is 1.74. The molecule has 0 heterocycles. The Balaban J connectivity index is 2.38. The van der Waals surface area contributed by atoms with Crippen LogP contribution in [0.25, 0.3) is 0 Å². The van der Waals surface area contributed by atoms with Crippen LogP contribution in [0.2, 0.25) is 0 Å². The van der Waals surface area contributed by atoms with Crippen molar-refractivity contribution in [2.75, 3.05) is 6.61 Å². The van der Waals surface area contributed by atoms with Gasteiger partial charge >= 0.3 is 0 Å². The van der Waals surface area contributed by atoms with Crippen LogP contribution in [-0.2, 0) is 0 Å². The summed E-state index contributed by atoms with van der Waals surface area (Å²) in [5.74, 6) is 0.597. The van der Waals surface area contributed by atoms with Crippen molar-refractivity contribution in [3.8, 4) is 0 Å². The maximum atomic E-state index is 8.80. The molecule has 0 radical (unpaired) electrons. The van der Waals surface area contributed by atoms with Crippen molar-refractivity contribution < 1.29 is 5.11 Å². The third-order valence-electron chi connectivity index (χ3n) is 2.33. The van der Waals surface area contributed by atoms with E-state index in [1.165, 1.54) is 19.3 Å². The van der Waals surface area contributed by atoms with Crippen LogP contribution in [0.3, 0.4) is 0 Å². The van der Waals surface area contributed by atoms with Crippen molar-refractivity contribution in [3.05, 3.63) is 0 Å². The lowest BCUT2D eigenvalue weighted by molar-refractivity contribution is 0.218. The van der Waals surface area contributed by atoms with Gasteiger partial charge in [0.05, 0.1) is 0 Å². The molecule has 1 atom stereocenters. The largest absolute Gasteiger partial charge is 0.396 e. The molecule has 1 aliphatic carbocycles. The zero-order valence-electron chi connectivity index (χ0n) is 6.35. The van der Waals surface area contributed by atoms with E-state index in [-0.39, 0.29) is 0 Å². The Bertz CT molecular complexity index is 96.7. The molecule has 0 saturated heterocycles. The Hall–Kier alpha value is -0.0400. The van der Waals surface area contributed by atoms with Gasteiger partial charge in [-0.3, -0.25) is 0 Å². The Morgan fingerprint density at radius 3 is 2.44 bits per heavy atom. The monoisotopic (exact) mass is 128 g/mol. The average molecular weight is 128 g/mol. The van der Waals surface area contributed by atoms with Crippen LogP contribution in [0.15, 0.2) is 0 Å². The number of rotatable bonds is 1. The standard InChI is InChI=1S/C8H16O/c1-8(2)4-3-7(5-8)6-9/h7,9H,3-6H2,1-2H3/t7-/m0/s1. The van der Waals surface area contributed by atoms with E-state index in [0.29, 0.717) is 17.9 Å². The van der Waals surface area contributed by atoms with Gasteiger partial charge in [-0.1, -0.05) is 13.8 Å². The quantitative estimate of drug-likeness (QED) is 0.571. The summed E-state index contributed by atoms with van der Waals surface area (Å²) in [6.45, 7) is 4.95. The minimum atomic E-state index is 0.392. The zero-order valence-corrected chi connectivity index (χ0v) is 6.35. The van der Waals surface area contributed by atoms with E-state index >= 15 is 0 Å². The second kappa shape index (κ2) is 2.30. The molecule has 0 aromatic heterocycles. The van der Waals surface area contributed by atoms with E-state index in [1.54, 1.807) is 0 Å². The van der Waals surface area contributed by atoms with Crippen molar-refractivity contribution in [1.82, 2.24) is 0 Å². The van der Waals surface area contributed by atoms with Gasteiger partial charge in [0.15, 0.2) is 0 Å². The number of hydrogen-bond donors (Lipinski definition) is 1. The third-order valence-corrected chi connectivity index (χ3v) is 2.33. The SMILES string of the molecule is CC1(C)CC[C@H](CO)C1. The molecule has 0 unspecified atom stereocenters. The molecule has 0 aromatic rings. The zero-order chi connectivity index (χ0) is 6.91. The minimum Gasteiger partial charge on any atom is -0.396 e. The van der Waals surface area contributed by atoms with Gasteiger partial charge in [-0.05, 0) is 30.6 Å². The van der Waals surface area contributed by atoms with Crippen LogP contribution in [0.4, 0.5) is 0 Å². The summed E-state index contributed by atoms with van der Waals surface area (Å²) in [6, 6.07) is 0. The summed E-state index contributed by atoms with van der Waals surface area (Å²) in [5, 5.41) is 8.80. The molecule has 9 heavy (non-hydrogen) atoms. The van der Waals surface area contributed by atoms with Crippen molar-refractivity contribution in [2.24, 2.45) is 11.3 Å². The van der Waals surface area contributed by atoms with Gasteiger partial charge in [0.1, 0.15) is 0 Å². The molecule has 1 aliphatic rings. The second-order valence-electron chi connectivity index (χ2n) is 3.96. The number of hydrogen-bond acceptors (Lipinski definition) is 1. The van der Waals surface area contributed by atoms with Crippen LogP contribution in [0, 0.1) is 11.3 Å². The molecular formula is C8H16O. The van der Waals surface area contributed by atoms with Gasteiger partial charge < -0.3 is 5.11 Å². The molecule has 1 heteroatoms. The van der Waals surface area contributed by atoms with Gasteiger partial charge in [0, 0.05) is 6.61 Å². The van der Waals surface area contributed by atoms with Crippen molar-refractivity contribution in [3.63, 3.8) is 0 Å². The van der Waals surface area contributed by atoms with Crippen molar-refractivity contribution in [1.29, 1.82) is 0 Å². The summed E-state index contributed by atoms with van der Waals surface area (Å²) >= 11 is 0. The smallest absolute Gasteiger partial charge is 0.0459 e. The topological polar surface area (TPSA) is 20.2 Å². The van der Waals surface area contributed by atoms with E-state index < -0.39 is 0 Å². The predicted molar refractivity (Wildman–Crippen MR) is 38.2 cm³/mol. The molecule has 1 nitrogen and oxygen atoms in total. The van der Waals surface area contributed by atoms with Gasteiger partial charge in [-0.2, -0.15) is 0 Å². The first-order chi connectivity index (χ1) is 4.14. The molecule has 0 spiro atoms. The summed E-state index contributed by atoms with van der Waals surface area (Å²) in [6.07, 6.45) is 3.73. The Labute approximate surface area is 57.1 Å². The van der Waals surface area contributed by atoms with E-state index in [1.807, 2.05) is 0 Å². The molecule has 0 bridgehead atoms. The first-order valence-corrected chi connectivity index (χ1v) is 3.75. The van der Waals surface area contributed by atoms with Crippen molar-refractivity contribution in [2.45, 2.75) is 33.1 Å². The van der Waals surface area contributed by atoms with Crippen molar-refractivity contribution >= 4 is 0 Å². The molecule has 0 amide bonds. The Morgan fingerprint density at radius 1 is 1.56 bits per heavy atom. The van der Waals surface area contributed by atoms with Crippen LogP contribution in [0.1, 0.15) is 33.1 Å². The van der Waals surface area contributed by atoms with Gasteiger partial charge in [0.25, 0.3) is 0 Å². The maximum Gasteiger partial charge on any atom is 0.0459 e. The van der Waals surface area contributed by atoms with Crippen LogP contribution in [-0.4, -0.2) is 11.7 Å². The highest BCUT2D eigenvalue weighted by atomic mass is 16.3. The van der Waals surface area contributed by atoms with Gasteiger partial charge in [0.2, 0.25) is 0 Å². The molecule has 0 aromatic carbocycles. The highest BCUT2D eigenvalue weighted by molar-refractivity contribution is 4.81. The summed E-state index contributed by atoms with van der Waals surface area (Å²) < 4.78 is 0. The van der Waals surface area contributed by atoms with E-state index in [4.69, 9.17) is 5.11 Å². The number of aliphatic hydroxyl groups is 1. The highest BCUT2D eigenvalue weighted by Gasteiger charge is 2.29. The highest BCUT2D eigenvalue weighted by Crippen LogP contribution is 2.40. The molecule has 1 saturated carbocycles. The van der Waals surface area contributed by atoms with Crippen LogP contribution >= 0.6 is 0 Å². The van der Waals surface area contributed by atoms with Crippen LogP contribution < -0.4 is 0 Å². The van der Waals surface area contributed by atoms with E-state index in [2.05, 4.69) is 13.8 Å². The Kier molecular flexibility index (Phi) is 1.80. The average Bonchev–Trinajstić information content (AvgIpc) is 2.10. The molecular weight excluding hydrogens is 112 g/mol. The lowest BCUT2D eigenvalue weighted by Crippen LogP contribution is -2.06. The van der Waals surface area contributed by atoms with E-state index in [9.17, 15) is 0 Å². The lowest BCUT2D eigenvalue weighted by atomic mass is 9.91. The molecule has 54 valence electrons. The molecule has 1 rings (SSSR count). The maximum absolute atomic E-state index is 8.80. The van der Waals surface area contributed by atoms with Gasteiger partial charge in [-0.25, -0.2) is 0 Å². The molecule has 1 fully saturated rings. The normalized spacial score (nSPS) is 33.0. The fourth-order valence-electron chi connectivity index (χ4n) is 1.74. The minimum absolute atomic E-state index is 0.392. The third kappa shape index (κ3) is 1.68. The number of aliphatic hydroxyl groups excluding tert-OH is 1. The Morgan fingerprint density at radius 2 is 2.22 bits per heavy atom. The molecule has 1 N–H and O–H groups in total. The fraction of sp³-hybridized carbons (Fsp3) is 1.00. The predicted octanol–water partition coefficient (Wildman–Crippen LogP) is 1.80. The van der Waals surface area contributed by atoms with E-state index in [0.717, 1.165) is 0 Å². The summed E-state index contributed by atoms with van der Waals surface area (Å²) in [5.41, 5.74) is 0.507. The van der Waals surface area contributed by atoms with Gasteiger partial charge in [-0.15, -0.1) is 0 Å². The lowest BCUT2D eigenvalue weighted by Gasteiger charge is -2.15. The first-order valence-electron chi connectivity index (χ1n) is 3.75. The first kappa shape index (κ1) is 7.07. The summed E-state index contributed by atoms with van der Waals surface area (Å²) in [4.78, 5) is 0. The second-order valence-corrected chi connectivity index (χ2v) is 3.96. The molecule has 0 aliphatic heterocycles. The van der Waals surface area contributed by atoms with Crippen LogP contribution in [0.5, 0.6) is 0 Å². The summed E-state index contributed by atoms with van der Waals surface area (Å²) in [7, 11) is 0.